The van der Waals surface area contributed by atoms with Gasteiger partial charge in [-0.3, -0.25) is 14.5 Å². The van der Waals surface area contributed by atoms with Crippen LogP contribution in [0.1, 0.15) is 49.7 Å². The van der Waals surface area contributed by atoms with Gasteiger partial charge in [-0.25, -0.2) is 0 Å². The number of carbonyl (C=O) groups is 2. The first kappa shape index (κ1) is 18.7. The Morgan fingerprint density at radius 1 is 1.19 bits per heavy atom. The van der Waals surface area contributed by atoms with Gasteiger partial charge in [-0.15, -0.1) is 0 Å². The third-order valence-electron chi connectivity index (χ3n) is 5.19. The van der Waals surface area contributed by atoms with Crippen LogP contribution in [0.2, 0.25) is 0 Å². The van der Waals surface area contributed by atoms with E-state index in [9.17, 15) is 9.59 Å². The van der Waals surface area contributed by atoms with Crippen molar-refractivity contribution in [2.24, 2.45) is 0 Å². The van der Waals surface area contributed by atoms with Crippen molar-refractivity contribution in [2.45, 2.75) is 57.5 Å². The van der Waals surface area contributed by atoms with Gasteiger partial charge in [-0.05, 0) is 43.7 Å². The van der Waals surface area contributed by atoms with Crippen LogP contribution in [0.15, 0.2) is 18.2 Å². The van der Waals surface area contributed by atoms with E-state index in [1.54, 1.807) is 0 Å². The largest absolute Gasteiger partial charge is 0.493 e. The predicted molar refractivity (Wildman–Crippen MR) is 98.2 cm³/mol. The maximum Gasteiger partial charge on any atom is 0.307 e. The zero-order valence-corrected chi connectivity index (χ0v) is 15.2. The average Bonchev–Trinajstić information content (AvgIpc) is 2.54. The summed E-state index contributed by atoms with van der Waals surface area (Å²) in [7, 11) is 0. The van der Waals surface area contributed by atoms with E-state index in [0.29, 0.717) is 32.3 Å². The summed E-state index contributed by atoms with van der Waals surface area (Å²) in [6.45, 7) is 2.35. The van der Waals surface area contributed by atoms with E-state index in [1.165, 1.54) is 6.42 Å². The molecule has 1 aromatic rings. The number of hydrogen-bond acceptors (Lipinski definition) is 4. The Kier molecular flexibility index (Phi) is 6.50. The minimum atomic E-state index is -0.842. The third-order valence-corrected chi connectivity index (χ3v) is 5.19. The third kappa shape index (κ3) is 5.21. The molecular formula is C20H28N2O4. The first-order valence-corrected chi connectivity index (χ1v) is 9.59. The van der Waals surface area contributed by atoms with E-state index < -0.39 is 5.97 Å². The summed E-state index contributed by atoms with van der Waals surface area (Å²) in [4.78, 5) is 25.6. The molecule has 6 heteroatoms. The van der Waals surface area contributed by atoms with Gasteiger partial charge in [0.2, 0.25) is 5.91 Å². The van der Waals surface area contributed by atoms with Crippen molar-refractivity contribution >= 4 is 11.9 Å². The lowest BCUT2D eigenvalue weighted by molar-refractivity contribution is -0.136. The van der Waals surface area contributed by atoms with E-state index in [2.05, 4.69) is 10.2 Å². The molecule has 1 saturated carbocycles. The van der Waals surface area contributed by atoms with E-state index in [1.807, 2.05) is 18.2 Å². The van der Waals surface area contributed by atoms with E-state index >= 15 is 0 Å². The lowest BCUT2D eigenvalue weighted by Gasteiger charge is -2.37. The van der Waals surface area contributed by atoms with Crippen LogP contribution >= 0.6 is 0 Å². The number of nitrogens with zero attached hydrogens (tertiary/aromatic N) is 1. The zero-order chi connectivity index (χ0) is 18.4. The smallest absolute Gasteiger partial charge is 0.307 e. The van der Waals surface area contributed by atoms with Crippen LogP contribution in [0.5, 0.6) is 5.75 Å². The van der Waals surface area contributed by atoms with Gasteiger partial charge in [0.15, 0.2) is 0 Å². The minimum absolute atomic E-state index is 0.00278. The molecule has 6 nitrogen and oxygen atoms in total. The van der Waals surface area contributed by atoms with Gasteiger partial charge in [0.1, 0.15) is 5.75 Å². The fourth-order valence-corrected chi connectivity index (χ4v) is 3.52. The molecule has 0 saturated heterocycles. The number of aliphatic carboxylic acids is 1. The lowest BCUT2D eigenvalue weighted by atomic mass is 9.91. The number of amides is 1. The van der Waals surface area contributed by atoms with Gasteiger partial charge >= 0.3 is 5.97 Å². The number of carboxylic acid groups (broad SMARTS) is 1. The summed E-state index contributed by atoms with van der Waals surface area (Å²) >= 11 is 0. The predicted octanol–water partition coefficient (Wildman–Crippen LogP) is 2.35. The summed E-state index contributed by atoms with van der Waals surface area (Å²) in [5.74, 6) is 0.0363. The number of benzene rings is 1. The van der Waals surface area contributed by atoms with Gasteiger partial charge < -0.3 is 15.2 Å². The van der Waals surface area contributed by atoms with Gasteiger partial charge in [0.05, 0.1) is 19.6 Å². The van der Waals surface area contributed by atoms with Crippen LogP contribution in [0.25, 0.3) is 0 Å². The molecule has 0 aromatic heterocycles. The van der Waals surface area contributed by atoms with Crippen molar-refractivity contribution in [1.29, 1.82) is 0 Å². The Balaban J connectivity index is 1.84. The standard InChI is InChI=1S/C20H28N2O4/c23-19-14-22(17-5-4-6-17)13-16-11-15(12-20(24)25)7-8-18(16)26-10-3-1-2-9-21-19/h7-8,11,17H,1-6,9-10,12-14H2,(H,21,23)(H,24,25). The number of carbonyl (C=O) groups excluding carboxylic acids is 1. The van der Waals surface area contributed by atoms with Gasteiger partial charge in [-0.1, -0.05) is 18.6 Å². The molecule has 1 aromatic carbocycles. The van der Waals surface area contributed by atoms with E-state index in [4.69, 9.17) is 9.84 Å². The first-order chi connectivity index (χ1) is 12.6. The maximum atomic E-state index is 12.3. The second-order valence-electron chi connectivity index (χ2n) is 7.26. The van der Waals surface area contributed by atoms with Crippen molar-refractivity contribution in [3.8, 4) is 5.75 Å². The molecule has 2 aliphatic rings. The van der Waals surface area contributed by atoms with Crippen molar-refractivity contribution in [3.05, 3.63) is 29.3 Å². The average molecular weight is 360 g/mol. The molecule has 142 valence electrons. The van der Waals surface area contributed by atoms with E-state index in [-0.39, 0.29) is 12.3 Å². The Labute approximate surface area is 154 Å². The maximum absolute atomic E-state index is 12.3. The zero-order valence-electron chi connectivity index (χ0n) is 15.2. The quantitative estimate of drug-likeness (QED) is 0.865. The highest BCUT2D eigenvalue weighted by Gasteiger charge is 2.27. The van der Waals surface area contributed by atoms with Crippen molar-refractivity contribution in [1.82, 2.24) is 10.2 Å². The SMILES string of the molecule is O=C(O)Cc1ccc2c(c1)CN(C1CCC1)CC(=O)NCCCCCO2. The molecule has 2 N–H and O–H groups in total. The molecule has 0 radical (unpaired) electrons. The van der Waals surface area contributed by atoms with Gasteiger partial charge in [0, 0.05) is 24.7 Å². The molecule has 0 unspecified atom stereocenters. The van der Waals surface area contributed by atoms with Crippen LogP contribution in [-0.2, 0) is 22.6 Å². The number of nitrogens with one attached hydrogen (secondary N) is 1. The highest BCUT2D eigenvalue weighted by Crippen LogP contribution is 2.29. The number of fused-ring (bicyclic) bond motifs is 1. The second kappa shape index (κ2) is 9.03. The lowest BCUT2D eigenvalue weighted by Crippen LogP contribution is -2.45. The summed E-state index contributed by atoms with van der Waals surface area (Å²) < 4.78 is 5.99. The summed E-state index contributed by atoms with van der Waals surface area (Å²) in [5, 5.41) is 12.1. The minimum Gasteiger partial charge on any atom is -0.493 e. The van der Waals surface area contributed by atoms with Crippen LogP contribution < -0.4 is 10.1 Å². The molecule has 26 heavy (non-hydrogen) atoms. The highest BCUT2D eigenvalue weighted by atomic mass is 16.5. The molecule has 0 spiro atoms. The van der Waals surface area contributed by atoms with Crippen LogP contribution in [0, 0.1) is 0 Å². The van der Waals surface area contributed by atoms with Crippen LogP contribution in [0.3, 0.4) is 0 Å². The number of hydrogen-bond donors (Lipinski definition) is 2. The Morgan fingerprint density at radius 3 is 2.77 bits per heavy atom. The van der Waals surface area contributed by atoms with E-state index in [0.717, 1.165) is 49.0 Å². The van der Waals surface area contributed by atoms with Crippen molar-refractivity contribution in [2.75, 3.05) is 19.7 Å². The molecule has 1 amide bonds. The molecular weight excluding hydrogens is 332 g/mol. The van der Waals surface area contributed by atoms with Crippen LogP contribution in [-0.4, -0.2) is 47.6 Å². The summed E-state index contributed by atoms with van der Waals surface area (Å²) in [6, 6.07) is 6.05. The summed E-state index contributed by atoms with van der Waals surface area (Å²) in [6.07, 6.45) is 6.33. The Morgan fingerprint density at radius 2 is 2.04 bits per heavy atom. The Bertz CT molecular complexity index is 643. The van der Waals surface area contributed by atoms with Crippen molar-refractivity contribution < 1.29 is 19.4 Å². The fourth-order valence-electron chi connectivity index (χ4n) is 3.52. The molecule has 0 atom stereocenters. The molecule has 1 fully saturated rings. The molecule has 1 heterocycles. The Hall–Kier alpha value is -2.08. The normalized spacial score (nSPS) is 20.4. The second-order valence-corrected chi connectivity index (χ2v) is 7.26. The molecule has 1 aliphatic carbocycles. The number of ether oxygens (including phenoxy) is 1. The summed E-state index contributed by atoms with van der Waals surface area (Å²) in [5.41, 5.74) is 1.74. The number of carboxylic acids is 1. The molecule has 0 bridgehead atoms. The fraction of sp³-hybridized carbons (Fsp3) is 0.600. The topological polar surface area (TPSA) is 78.9 Å². The monoisotopic (exact) mass is 360 g/mol. The van der Waals surface area contributed by atoms with Crippen molar-refractivity contribution in [3.63, 3.8) is 0 Å². The first-order valence-electron chi connectivity index (χ1n) is 9.59. The van der Waals surface area contributed by atoms with Crippen LogP contribution in [0.4, 0.5) is 0 Å². The molecule has 3 rings (SSSR count). The highest BCUT2D eigenvalue weighted by molar-refractivity contribution is 5.78. The van der Waals surface area contributed by atoms with Gasteiger partial charge in [0.25, 0.3) is 0 Å². The number of rotatable bonds is 3. The van der Waals surface area contributed by atoms with Gasteiger partial charge in [-0.2, -0.15) is 0 Å². The molecule has 1 aliphatic heterocycles.